The summed E-state index contributed by atoms with van der Waals surface area (Å²) in [5.74, 6) is -2.23. The molecule has 2 aromatic heterocycles. The van der Waals surface area contributed by atoms with Crippen LogP contribution in [0.15, 0.2) is 53.7 Å². The van der Waals surface area contributed by atoms with Crippen molar-refractivity contribution in [1.82, 2.24) is 14.9 Å². The Balaban J connectivity index is 2.00. The molecule has 0 aliphatic heterocycles. The van der Waals surface area contributed by atoms with E-state index in [4.69, 9.17) is 0 Å². The van der Waals surface area contributed by atoms with Crippen LogP contribution in [0.1, 0.15) is 61.0 Å². The van der Waals surface area contributed by atoms with Crippen molar-refractivity contribution in [2.24, 2.45) is 5.92 Å². The standard InChI is InChI=1S/C28H32FN3O4/c1-16(2)9-24(32-15-22(29)19(5)10-25(32)33)28(36)31-23(12-26(34)35)20-11-21(14-30-13-20)27-17(3)7-6-8-18(27)4/h6-8,10-11,13-16,23-24H,9,12H2,1-5H3,(H,31,36)(H,34,35)/t23-,24?/m0/s1. The van der Waals surface area contributed by atoms with E-state index in [2.05, 4.69) is 10.3 Å². The first-order chi connectivity index (χ1) is 17.0. The number of carboxylic acids is 1. The number of halogens is 1. The van der Waals surface area contributed by atoms with Crippen LogP contribution in [0.25, 0.3) is 11.1 Å². The number of carbonyl (C=O) groups excluding carboxylic acids is 1. The van der Waals surface area contributed by atoms with E-state index in [1.54, 1.807) is 6.20 Å². The minimum absolute atomic E-state index is 0.0176. The lowest BCUT2D eigenvalue weighted by molar-refractivity contribution is -0.138. The van der Waals surface area contributed by atoms with Gasteiger partial charge in [-0.05, 0) is 67.0 Å². The minimum atomic E-state index is -1.10. The molecule has 1 aromatic carbocycles. The number of pyridine rings is 2. The van der Waals surface area contributed by atoms with E-state index in [-0.39, 0.29) is 24.3 Å². The fraction of sp³-hybridized carbons (Fsp3) is 0.357. The van der Waals surface area contributed by atoms with E-state index >= 15 is 0 Å². The number of hydrogen-bond acceptors (Lipinski definition) is 4. The summed E-state index contributed by atoms with van der Waals surface area (Å²) in [4.78, 5) is 42.1. The van der Waals surface area contributed by atoms with Crippen molar-refractivity contribution in [3.05, 3.63) is 87.3 Å². The summed E-state index contributed by atoms with van der Waals surface area (Å²) in [7, 11) is 0. The van der Waals surface area contributed by atoms with E-state index < -0.39 is 35.3 Å². The zero-order valence-electron chi connectivity index (χ0n) is 21.2. The Kier molecular flexibility index (Phi) is 8.40. The minimum Gasteiger partial charge on any atom is -0.481 e. The van der Waals surface area contributed by atoms with Crippen LogP contribution in [0, 0.1) is 32.5 Å². The largest absolute Gasteiger partial charge is 0.481 e. The van der Waals surface area contributed by atoms with Crippen molar-refractivity contribution in [2.45, 2.75) is 59.5 Å². The molecule has 0 bridgehead atoms. The van der Waals surface area contributed by atoms with Crippen LogP contribution in [-0.2, 0) is 9.59 Å². The van der Waals surface area contributed by atoms with Crippen molar-refractivity contribution in [1.29, 1.82) is 0 Å². The SMILES string of the molecule is Cc1cc(=O)n(C(CC(C)C)C(=O)N[C@@H](CC(=O)O)c2cncc(-c3c(C)cccc3C)c2)cc1F. The number of hydrogen-bond donors (Lipinski definition) is 2. The van der Waals surface area contributed by atoms with Crippen molar-refractivity contribution in [3.63, 3.8) is 0 Å². The van der Waals surface area contributed by atoms with Gasteiger partial charge in [-0.3, -0.25) is 19.4 Å². The molecule has 0 radical (unpaired) electrons. The zero-order chi connectivity index (χ0) is 26.6. The predicted octanol–water partition coefficient (Wildman–Crippen LogP) is 4.89. The molecule has 0 spiro atoms. The van der Waals surface area contributed by atoms with Gasteiger partial charge < -0.3 is 15.0 Å². The summed E-state index contributed by atoms with van der Waals surface area (Å²) in [5, 5.41) is 12.4. The molecule has 36 heavy (non-hydrogen) atoms. The van der Waals surface area contributed by atoms with Crippen molar-refractivity contribution in [3.8, 4) is 11.1 Å². The average molecular weight is 494 g/mol. The molecule has 2 N–H and O–H groups in total. The maximum Gasteiger partial charge on any atom is 0.305 e. The summed E-state index contributed by atoms with van der Waals surface area (Å²) < 4.78 is 15.4. The second-order valence-electron chi connectivity index (χ2n) is 9.63. The van der Waals surface area contributed by atoms with Gasteiger partial charge >= 0.3 is 5.97 Å². The Morgan fingerprint density at radius 3 is 2.36 bits per heavy atom. The molecular weight excluding hydrogens is 461 g/mol. The first kappa shape index (κ1) is 26.8. The molecule has 1 unspecified atom stereocenters. The lowest BCUT2D eigenvalue weighted by Gasteiger charge is -2.25. The Morgan fingerprint density at radius 1 is 1.08 bits per heavy atom. The summed E-state index contributed by atoms with van der Waals surface area (Å²) in [6.45, 7) is 9.24. The first-order valence-corrected chi connectivity index (χ1v) is 11.9. The summed E-state index contributed by atoms with van der Waals surface area (Å²) in [5.41, 5.74) is 4.11. The third kappa shape index (κ3) is 6.24. The summed E-state index contributed by atoms with van der Waals surface area (Å²) >= 11 is 0. The molecule has 0 fully saturated rings. The molecule has 2 heterocycles. The Hall–Kier alpha value is -3.81. The lowest BCUT2D eigenvalue weighted by atomic mass is 9.94. The number of amides is 1. The van der Waals surface area contributed by atoms with Gasteiger partial charge in [0.15, 0.2) is 0 Å². The summed E-state index contributed by atoms with van der Waals surface area (Å²) in [6.07, 6.45) is 4.17. The van der Waals surface area contributed by atoms with Crippen LogP contribution in [0.2, 0.25) is 0 Å². The van der Waals surface area contributed by atoms with Crippen molar-refractivity contribution >= 4 is 11.9 Å². The van der Waals surface area contributed by atoms with Gasteiger partial charge in [0.2, 0.25) is 5.91 Å². The monoisotopic (exact) mass is 493 g/mol. The van der Waals surface area contributed by atoms with Gasteiger partial charge in [0.1, 0.15) is 11.9 Å². The second kappa shape index (κ2) is 11.3. The molecule has 3 aromatic rings. The third-order valence-electron chi connectivity index (χ3n) is 6.18. The maximum absolute atomic E-state index is 14.3. The van der Waals surface area contributed by atoms with E-state index in [1.807, 2.05) is 52.0 Å². The quantitative estimate of drug-likeness (QED) is 0.442. The Bertz CT molecular complexity index is 1310. The normalized spacial score (nSPS) is 12.9. The topological polar surface area (TPSA) is 101 Å². The molecule has 0 saturated carbocycles. The molecule has 190 valence electrons. The van der Waals surface area contributed by atoms with Gasteiger partial charge in [-0.2, -0.15) is 0 Å². The van der Waals surface area contributed by atoms with Crippen LogP contribution in [0.5, 0.6) is 0 Å². The van der Waals surface area contributed by atoms with E-state index in [9.17, 15) is 23.9 Å². The molecule has 0 aliphatic rings. The molecule has 0 aliphatic carbocycles. The molecule has 3 rings (SSSR count). The number of carboxylic acid groups (broad SMARTS) is 1. The van der Waals surface area contributed by atoms with E-state index in [0.717, 1.165) is 39.1 Å². The van der Waals surface area contributed by atoms with Crippen molar-refractivity contribution < 1.29 is 19.1 Å². The number of carbonyl (C=O) groups is 2. The van der Waals surface area contributed by atoms with Gasteiger partial charge in [0, 0.05) is 30.2 Å². The van der Waals surface area contributed by atoms with Crippen LogP contribution in [0.4, 0.5) is 4.39 Å². The highest BCUT2D eigenvalue weighted by molar-refractivity contribution is 5.82. The molecule has 7 nitrogen and oxygen atoms in total. The number of nitrogens with zero attached hydrogens (tertiary/aromatic N) is 2. The van der Waals surface area contributed by atoms with Crippen LogP contribution in [0.3, 0.4) is 0 Å². The number of nitrogens with one attached hydrogen (secondary N) is 1. The number of aromatic nitrogens is 2. The van der Waals surface area contributed by atoms with E-state index in [1.165, 1.54) is 13.1 Å². The maximum atomic E-state index is 14.3. The Labute approximate surface area is 210 Å². The molecule has 8 heteroatoms. The third-order valence-corrected chi connectivity index (χ3v) is 6.18. The number of rotatable bonds is 9. The average Bonchev–Trinajstić information content (AvgIpc) is 2.79. The van der Waals surface area contributed by atoms with E-state index in [0.29, 0.717) is 5.56 Å². The fourth-order valence-corrected chi connectivity index (χ4v) is 4.40. The van der Waals surface area contributed by atoms with Crippen LogP contribution in [-0.4, -0.2) is 26.5 Å². The van der Waals surface area contributed by atoms with Gasteiger partial charge in [-0.25, -0.2) is 4.39 Å². The first-order valence-electron chi connectivity index (χ1n) is 11.9. The number of aryl methyl sites for hydroxylation is 3. The van der Waals surface area contributed by atoms with Crippen LogP contribution >= 0.6 is 0 Å². The molecule has 1 amide bonds. The highest BCUT2D eigenvalue weighted by atomic mass is 19.1. The lowest BCUT2D eigenvalue weighted by Crippen LogP contribution is -2.40. The van der Waals surface area contributed by atoms with Gasteiger partial charge in [0.25, 0.3) is 5.56 Å². The van der Waals surface area contributed by atoms with Gasteiger partial charge in [-0.1, -0.05) is 32.0 Å². The molecule has 2 atom stereocenters. The number of aliphatic carboxylic acids is 1. The summed E-state index contributed by atoms with van der Waals surface area (Å²) in [6, 6.07) is 7.02. The molecular formula is C28H32FN3O4. The zero-order valence-corrected chi connectivity index (χ0v) is 21.2. The van der Waals surface area contributed by atoms with Gasteiger partial charge in [0.05, 0.1) is 12.5 Å². The molecule has 0 saturated heterocycles. The smallest absolute Gasteiger partial charge is 0.305 e. The fourth-order valence-electron chi connectivity index (χ4n) is 4.40. The number of benzene rings is 1. The van der Waals surface area contributed by atoms with Gasteiger partial charge in [-0.15, -0.1) is 0 Å². The van der Waals surface area contributed by atoms with Crippen LogP contribution < -0.4 is 10.9 Å². The highest BCUT2D eigenvalue weighted by Gasteiger charge is 2.27. The predicted molar refractivity (Wildman–Crippen MR) is 136 cm³/mol. The second-order valence-corrected chi connectivity index (χ2v) is 9.63. The Morgan fingerprint density at radius 2 is 1.75 bits per heavy atom. The van der Waals surface area contributed by atoms with Crippen molar-refractivity contribution in [2.75, 3.05) is 0 Å². The highest BCUT2D eigenvalue weighted by Crippen LogP contribution is 2.29.